The van der Waals surface area contributed by atoms with Gasteiger partial charge >= 0.3 is 0 Å². The van der Waals surface area contributed by atoms with Gasteiger partial charge in [-0.3, -0.25) is 0 Å². The van der Waals surface area contributed by atoms with Crippen molar-refractivity contribution in [1.82, 2.24) is 0 Å². The molecule has 0 N–H and O–H groups in total. The molecule has 1 saturated heterocycles. The molecule has 1 aliphatic heterocycles. The zero-order valence-corrected chi connectivity index (χ0v) is 6.54. The third kappa shape index (κ3) is 0.943. The van der Waals surface area contributed by atoms with Gasteiger partial charge in [0.2, 0.25) is 0 Å². The minimum atomic E-state index is -0.205. The third-order valence-electron chi connectivity index (χ3n) is 2.48. The fraction of sp³-hybridized carbons (Fsp3) is 0.875. The van der Waals surface area contributed by atoms with E-state index in [2.05, 4.69) is 6.07 Å². The summed E-state index contributed by atoms with van der Waals surface area (Å²) in [6.07, 6.45) is 2.19. The van der Waals surface area contributed by atoms with Crippen LogP contribution in [0.5, 0.6) is 0 Å². The molecule has 1 saturated carbocycles. The predicted molar refractivity (Wildman–Crippen MR) is 37.8 cm³/mol. The number of rotatable bonds is 3. The van der Waals surface area contributed by atoms with Crippen molar-refractivity contribution in [3.05, 3.63) is 0 Å². The predicted octanol–water partition coefficient (Wildman–Crippen LogP) is 0.704. The lowest BCUT2D eigenvalue weighted by Gasteiger charge is -2.07. The first-order chi connectivity index (χ1) is 5.33. The van der Waals surface area contributed by atoms with Gasteiger partial charge in [-0.05, 0) is 18.8 Å². The number of nitrogens with zero attached hydrogens (tertiary/aromatic N) is 1. The largest absolute Gasteiger partial charge is 0.382 e. The molecule has 2 atom stereocenters. The van der Waals surface area contributed by atoms with E-state index in [0.29, 0.717) is 12.5 Å². The minimum Gasteiger partial charge on any atom is -0.382 e. The maximum atomic E-state index is 8.61. The van der Waals surface area contributed by atoms with E-state index in [1.807, 2.05) is 0 Å². The van der Waals surface area contributed by atoms with Gasteiger partial charge in [-0.25, -0.2) is 0 Å². The summed E-state index contributed by atoms with van der Waals surface area (Å²) >= 11 is 0. The van der Waals surface area contributed by atoms with Crippen LogP contribution < -0.4 is 0 Å². The van der Waals surface area contributed by atoms with Crippen LogP contribution in [0.3, 0.4) is 0 Å². The van der Waals surface area contributed by atoms with Gasteiger partial charge in [0.05, 0.1) is 12.7 Å². The van der Waals surface area contributed by atoms with Crippen LogP contribution in [-0.2, 0) is 9.47 Å². The van der Waals surface area contributed by atoms with Gasteiger partial charge in [0.1, 0.15) is 5.60 Å². The van der Waals surface area contributed by atoms with Crippen LogP contribution in [-0.4, -0.2) is 25.4 Å². The average Bonchev–Trinajstić information content (AvgIpc) is 2.83. The second-order valence-corrected chi connectivity index (χ2v) is 3.29. The molecule has 0 aromatic carbocycles. The van der Waals surface area contributed by atoms with Crippen LogP contribution in [0.4, 0.5) is 0 Å². The Hall–Kier alpha value is -0.590. The molecule has 2 unspecified atom stereocenters. The average molecular weight is 153 g/mol. The van der Waals surface area contributed by atoms with Crippen molar-refractivity contribution >= 4 is 0 Å². The quantitative estimate of drug-likeness (QED) is 0.561. The monoisotopic (exact) mass is 153 g/mol. The van der Waals surface area contributed by atoms with Gasteiger partial charge in [0.15, 0.2) is 6.10 Å². The maximum absolute atomic E-state index is 8.61. The highest BCUT2D eigenvalue weighted by atomic mass is 16.6. The topological polar surface area (TPSA) is 45.5 Å². The van der Waals surface area contributed by atoms with Gasteiger partial charge < -0.3 is 9.47 Å². The maximum Gasteiger partial charge on any atom is 0.176 e. The SMILES string of the molecule is COCC1(C2CC2)OC1C#N. The number of epoxide rings is 1. The molecule has 0 amide bonds. The van der Waals surface area contributed by atoms with E-state index in [0.717, 1.165) is 0 Å². The molecule has 60 valence electrons. The lowest BCUT2D eigenvalue weighted by Crippen LogP contribution is -2.24. The highest BCUT2D eigenvalue weighted by Gasteiger charge is 2.65. The first kappa shape index (κ1) is 7.08. The summed E-state index contributed by atoms with van der Waals surface area (Å²) in [6.45, 7) is 0.579. The van der Waals surface area contributed by atoms with Gasteiger partial charge in [-0.2, -0.15) is 5.26 Å². The van der Waals surface area contributed by atoms with Crippen molar-refractivity contribution in [2.45, 2.75) is 24.5 Å². The summed E-state index contributed by atoms with van der Waals surface area (Å²) in [7, 11) is 1.65. The molecule has 0 aromatic rings. The van der Waals surface area contributed by atoms with E-state index in [4.69, 9.17) is 14.7 Å². The fourth-order valence-corrected chi connectivity index (χ4v) is 1.66. The molecule has 1 aliphatic carbocycles. The van der Waals surface area contributed by atoms with Gasteiger partial charge in [-0.1, -0.05) is 0 Å². The lowest BCUT2D eigenvalue weighted by atomic mass is 10.0. The van der Waals surface area contributed by atoms with Crippen LogP contribution in [0.15, 0.2) is 0 Å². The third-order valence-corrected chi connectivity index (χ3v) is 2.48. The Morgan fingerprint density at radius 3 is 2.82 bits per heavy atom. The summed E-state index contributed by atoms with van der Waals surface area (Å²) in [5.41, 5.74) is -0.205. The zero-order valence-electron chi connectivity index (χ0n) is 6.54. The van der Waals surface area contributed by atoms with E-state index in [1.165, 1.54) is 12.8 Å². The molecular formula is C8H11NO2. The molecule has 2 aliphatic rings. The van der Waals surface area contributed by atoms with Crippen LogP contribution in [0.1, 0.15) is 12.8 Å². The van der Waals surface area contributed by atoms with E-state index in [-0.39, 0.29) is 11.7 Å². The molecular weight excluding hydrogens is 142 g/mol. The molecule has 3 nitrogen and oxygen atoms in total. The minimum absolute atomic E-state index is 0.199. The van der Waals surface area contributed by atoms with Gasteiger partial charge in [0.25, 0.3) is 0 Å². The van der Waals surface area contributed by atoms with Crippen molar-refractivity contribution < 1.29 is 9.47 Å². The Bertz CT molecular complexity index is 207. The van der Waals surface area contributed by atoms with Crippen molar-refractivity contribution in [2.24, 2.45) is 5.92 Å². The molecule has 0 bridgehead atoms. The van der Waals surface area contributed by atoms with Crippen molar-refractivity contribution in [3.63, 3.8) is 0 Å². The number of methoxy groups -OCH3 is 1. The zero-order chi connectivity index (χ0) is 7.90. The first-order valence-corrected chi connectivity index (χ1v) is 3.90. The molecule has 0 spiro atoms. The number of nitriles is 1. The van der Waals surface area contributed by atoms with E-state index < -0.39 is 0 Å². The van der Waals surface area contributed by atoms with Gasteiger partial charge in [0, 0.05) is 7.11 Å². The van der Waals surface area contributed by atoms with E-state index in [1.54, 1.807) is 7.11 Å². The van der Waals surface area contributed by atoms with E-state index >= 15 is 0 Å². The molecule has 3 heteroatoms. The van der Waals surface area contributed by atoms with Gasteiger partial charge in [-0.15, -0.1) is 0 Å². The second-order valence-electron chi connectivity index (χ2n) is 3.29. The standard InChI is InChI=1S/C8H11NO2/c1-10-5-8(6-2-3-6)7(4-9)11-8/h6-7H,2-3,5H2,1H3. The Kier molecular flexibility index (Phi) is 1.41. The fourth-order valence-electron chi connectivity index (χ4n) is 1.66. The first-order valence-electron chi connectivity index (χ1n) is 3.90. The summed E-state index contributed by atoms with van der Waals surface area (Å²) in [5, 5.41) is 8.61. The summed E-state index contributed by atoms with van der Waals surface area (Å²) in [5.74, 6) is 0.590. The van der Waals surface area contributed by atoms with Crippen LogP contribution >= 0.6 is 0 Å². The number of hydrogen-bond donors (Lipinski definition) is 0. The second kappa shape index (κ2) is 2.20. The van der Waals surface area contributed by atoms with Crippen molar-refractivity contribution in [1.29, 1.82) is 5.26 Å². The number of ether oxygens (including phenoxy) is 2. The van der Waals surface area contributed by atoms with Crippen LogP contribution in [0.25, 0.3) is 0 Å². The summed E-state index contributed by atoms with van der Waals surface area (Å²) in [6, 6.07) is 2.13. The van der Waals surface area contributed by atoms with Crippen molar-refractivity contribution in [3.8, 4) is 6.07 Å². The normalized spacial score (nSPS) is 41.6. The van der Waals surface area contributed by atoms with Crippen LogP contribution in [0, 0.1) is 17.2 Å². The summed E-state index contributed by atoms with van der Waals surface area (Å²) < 4.78 is 10.4. The molecule has 0 radical (unpaired) electrons. The Labute approximate surface area is 65.9 Å². The lowest BCUT2D eigenvalue weighted by molar-refractivity contribution is 0.108. The molecule has 2 rings (SSSR count). The van der Waals surface area contributed by atoms with Crippen molar-refractivity contribution in [2.75, 3.05) is 13.7 Å². The molecule has 2 fully saturated rings. The highest BCUT2D eigenvalue weighted by Crippen LogP contribution is 2.53. The molecule has 11 heavy (non-hydrogen) atoms. The number of hydrogen-bond acceptors (Lipinski definition) is 3. The Balaban J connectivity index is 2.00. The van der Waals surface area contributed by atoms with Crippen LogP contribution in [0.2, 0.25) is 0 Å². The Morgan fingerprint density at radius 1 is 1.73 bits per heavy atom. The Morgan fingerprint density at radius 2 is 2.45 bits per heavy atom. The van der Waals surface area contributed by atoms with E-state index in [9.17, 15) is 0 Å². The molecule has 1 heterocycles. The highest BCUT2D eigenvalue weighted by molar-refractivity contribution is 5.19. The molecule has 0 aromatic heterocycles. The smallest absolute Gasteiger partial charge is 0.176 e. The summed E-state index contributed by atoms with van der Waals surface area (Å²) in [4.78, 5) is 0.